The second-order valence-electron chi connectivity index (χ2n) is 5.18. The van der Waals surface area contributed by atoms with E-state index in [9.17, 15) is 4.79 Å². The largest absolute Gasteiger partial charge is 0.396 e. The number of hydrogen-bond donors (Lipinski definition) is 2. The molecule has 1 amide bonds. The van der Waals surface area contributed by atoms with Gasteiger partial charge in [0.2, 0.25) is 0 Å². The van der Waals surface area contributed by atoms with Crippen molar-refractivity contribution in [2.75, 3.05) is 13.2 Å². The number of hydrogen-bond acceptors (Lipinski definition) is 2. The third-order valence-electron chi connectivity index (χ3n) is 3.65. The highest BCUT2D eigenvalue weighted by atomic mass is 79.9. The first-order chi connectivity index (χ1) is 9.15. The lowest BCUT2D eigenvalue weighted by molar-refractivity contribution is 0.0934. The van der Waals surface area contributed by atoms with Crippen LogP contribution < -0.4 is 5.32 Å². The van der Waals surface area contributed by atoms with Crippen LogP contribution >= 0.6 is 15.9 Å². The zero-order chi connectivity index (χ0) is 13.8. The molecular weight excluding hydrogens is 308 g/mol. The Labute approximate surface area is 122 Å². The van der Waals surface area contributed by atoms with Crippen molar-refractivity contribution in [1.29, 1.82) is 0 Å². The Kier molecular flexibility index (Phi) is 5.05. The highest BCUT2D eigenvalue weighted by molar-refractivity contribution is 9.10. The molecule has 2 rings (SSSR count). The average Bonchev–Trinajstić information content (AvgIpc) is 3.17. The van der Waals surface area contributed by atoms with Gasteiger partial charge in [0, 0.05) is 29.9 Å². The summed E-state index contributed by atoms with van der Waals surface area (Å²) in [6, 6.07) is 2.37. The van der Waals surface area contributed by atoms with Gasteiger partial charge in [-0.05, 0) is 47.2 Å². The van der Waals surface area contributed by atoms with Crippen LogP contribution in [0.1, 0.15) is 49.1 Å². The zero-order valence-electron chi connectivity index (χ0n) is 11.2. The number of carbonyl (C=O) groups is 1. The van der Waals surface area contributed by atoms with E-state index in [1.54, 1.807) is 0 Å². The van der Waals surface area contributed by atoms with Crippen molar-refractivity contribution in [1.82, 2.24) is 9.88 Å². The first kappa shape index (κ1) is 14.6. The van der Waals surface area contributed by atoms with E-state index in [0.29, 0.717) is 18.5 Å². The molecule has 0 bridgehead atoms. The molecule has 1 heterocycles. The quantitative estimate of drug-likeness (QED) is 0.808. The summed E-state index contributed by atoms with van der Waals surface area (Å²) < 4.78 is 3.01. The minimum atomic E-state index is -0.0195. The summed E-state index contributed by atoms with van der Waals surface area (Å²) in [5.41, 5.74) is 0.730. The molecule has 5 heteroatoms. The molecule has 0 aromatic carbocycles. The van der Waals surface area contributed by atoms with E-state index >= 15 is 0 Å². The fraction of sp³-hybridized carbons (Fsp3) is 0.643. The molecular formula is C14H21BrN2O2. The Morgan fingerprint density at radius 2 is 2.37 bits per heavy atom. The lowest BCUT2D eigenvalue weighted by Gasteiger charge is -2.15. The predicted molar refractivity (Wildman–Crippen MR) is 78.2 cm³/mol. The normalized spacial score (nSPS) is 16.4. The minimum Gasteiger partial charge on any atom is -0.396 e. The molecule has 4 nitrogen and oxygen atoms in total. The van der Waals surface area contributed by atoms with Crippen LogP contribution in [0.5, 0.6) is 0 Å². The summed E-state index contributed by atoms with van der Waals surface area (Å²) in [5, 5.41) is 11.9. The molecule has 106 valence electrons. The molecule has 0 saturated heterocycles. The van der Waals surface area contributed by atoms with Crippen LogP contribution in [0, 0.1) is 5.92 Å². The van der Waals surface area contributed by atoms with Crippen molar-refractivity contribution in [3.05, 3.63) is 22.4 Å². The van der Waals surface area contributed by atoms with Gasteiger partial charge < -0.3 is 15.0 Å². The lowest BCUT2D eigenvalue weighted by Crippen LogP contribution is -2.31. The summed E-state index contributed by atoms with van der Waals surface area (Å²) in [7, 11) is 0. The van der Waals surface area contributed by atoms with Crippen LogP contribution in [-0.4, -0.2) is 28.7 Å². The molecule has 1 aromatic rings. The molecule has 2 N–H and O–H groups in total. The third-order valence-corrected chi connectivity index (χ3v) is 4.09. The highest BCUT2D eigenvalue weighted by Gasteiger charge is 2.27. The van der Waals surface area contributed by atoms with E-state index in [1.165, 1.54) is 0 Å². The number of aliphatic hydroxyl groups is 1. The highest BCUT2D eigenvalue weighted by Crippen LogP contribution is 2.37. The first-order valence-electron chi connectivity index (χ1n) is 6.92. The third kappa shape index (κ3) is 3.83. The minimum absolute atomic E-state index is 0.0195. The molecule has 1 aromatic heterocycles. The summed E-state index contributed by atoms with van der Waals surface area (Å²) in [5.74, 6) is 0.329. The maximum atomic E-state index is 12.2. The van der Waals surface area contributed by atoms with Crippen molar-refractivity contribution in [3.63, 3.8) is 0 Å². The number of halogens is 1. The van der Waals surface area contributed by atoms with E-state index in [1.807, 2.05) is 12.3 Å². The van der Waals surface area contributed by atoms with Crippen molar-refractivity contribution in [3.8, 4) is 0 Å². The standard InChI is InChI=1S/C14H21BrN2O2/c1-2-10(5-6-18)8-16-14(19)13-7-11(15)9-17(13)12-3-4-12/h7,9-10,12,18H,2-6,8H2,1H3,(H,16,19). The molecule has 0 aliphatic heterocycles. The molecule has 1 saturated carbocycles. The maximum absolute atomic E-state index is 12.2. The molecule has 1 aliphatic carbocycles. The Morgan fingerprint density at radius 3 is 2.95 bits per heavy atom. The number of rotatable bonds is 7. The van der Waals surface area contributed by atoms with Crippen LogP contribution in [0.25, 0.3) is 0 Å². The van der Waals surface area contributed by atoms with Crippen LogP contribution in [0.2, 0.25) is 0 Å². The van der Waals surface area contributed by atoms with Gasteiger partial charge >= 0.3 is 0 Å². The van der Waals surface area contributed by atoms with Gasteiger partial charge in [-0.15, -0.1) is 0 Å². The summed E-state index contributed by atoms with van der Waals surface area (Å²) in [6.45, 7) is 2.89. The van der Waals surface area contributed by atoms with Crippen LogP contribution in [-0.2, 0) is 0 Å². The summed E-state index contributed by atoms with van der Waals surface area (Å²) in [6.07, 6.45) is 6.00. The Hall–Kier alpha value is -0.810. The Bertz CT molecular complexity index is 441. The van der Waals surface area contributed by atoms with Gasteiger partial charge in [0.1, 0.15) is 5.69 Å². The average molecular weight is 329 g/mol. The van der Waals surface area contributed by atoms with E-state index < -0.39 is 0 Å². The number of nitrogens with zero attached hydrogens (tertiary/aromatic N) is 1. The van der Waals surface area contributed by atoms with Crippen molar-refractivity contribution >= 4 is 21.8 Å². The van der Waals surface area contributed by atoms with Crippen molar-refractivity contribution in [2.45, 2.75) is 38.6 Å². The Balaban J connectivity index is 1.95. The fourth-order valence-electron chi connectivity index (χ4n) is 2.24. The SMILES string of the molecule is CCC(CCO)CNC(=O)c1cc(Br)cn1C1CC1. The smallest absolute Gasteiger partial charge is 0.267 e. The number of nitrogens with one attached hydrogen (secondary N) is 1. The monoisotopic (exact) mass is 328 g/mol. The summed E-state index contributed by atoms with van der Waals surface area (Å²) in [4.78, 5) is 12.2. The fourth-order valence-corrected chi connectivity index (χ4v) is 2.68. The lowest BCUT2D eigenvalue weighted by atomic mass is 10.0. The molecule has 0 radical (unpaired) electrons. The zero-order valence-corrected chi connectivity index (χ0v) is 12.8. The second kappa shape index (κ2) is 6.57. The maximum Gasteiger partial charge on any atom is 0.267 e. The van der Waals surface area contributed by atoms with Gasteiger partial charge in [0.15, 0.2) is 0 Å². The van der Waals surface area contributed by atoms with Crippen molar-refractivity contribution in [2.24, 2.45) is 5.92 Å². The van der Waals surface area contributed by atoms with E-state index in [4.69, 9.17) is 5.11 Å². The van der Waals surface area contributed by atoms with Gasteiger partial charge in [-0.25, -0.2) is 0 Å². The second-order valence-corrected chi connectivity index (χ2v) is 6.09. The van der Waals surface area contributed by atoms with Gasteiger partial charge in [-0.3, -0.25) is 4.79 Å². The van der Waals surface area contributed by atoms with Crippen LogP contribution in [0.15, 0.2) is 16.7 Å². The van der Waals surface area contributed by atoms with E-state index in [0.717, 1.165) is 35.8 Å². The first-order valence-corrected chi connectivity index (χ1v) is 7.71. The van der Waals surface area contributed by atoms with Crippen molar-refractivity contribution < 1.29 is 9.90 Å². The molecule has 1 atom stereocenters. The van der Waals surface area contributed by atoms with Gasteiger partial charge in [-0.2, -0.15) is 0 Å². The van der Waals surface area contributed by atoms with Crippen LogP contribution in [0.4, 0.5) is 0 Å². The van der Waals surface area contributed by atoms with Gasteiger partial charge in [-0.1, -0.05) is 13.3 Å². The Morgan fingerprint density at radius 1 is 1.63 bits per heavy atom. The van der Waals surface area contributed by atoms with Crippen LogP contribution in [0.3, 0.4) is 0 Å². The molecule has 1 fully saturated rings. The van der Waals surface area contributed by atoms with Gasteiger partial charge in [0.25, 0.3) is 5.91 Å². The van der Waals surface area contributed by atoms with E-state index in [-0.39, 0.29) is 12.5 Å². The van der Waals surface area contributed by atoms with Gasteiger partial charge in [0.05, 0.1) is 0 Å². The number of carbonyl (C=O) groups excluding carboxylic acids is 1. The topological polar surface area (TPSA) is 54.3 Å². The molecule has 1 unspecified atom stereocenters. The number of amides is 1. The summed E-state index contributed by atoms with van der Waals surface area (Å²) >= 11 is 3.43. The molecule has 1 aliphatic rings. The molecule has 19 heavy (non-hydrogen) atoms. The predicted octanol–water partition coefficient (Wildman–Crippen LogP) is 2.72. The number of aliphatic hydroxyl groups excluding tert-OH is 1. The number of aromatic nitrogens is 1. The van der Waals surface area contributed by atoms with E-state index in [2.05, 4.69) is 32.7 Å². The molecule has 0 spiro atoms.